The average Bonchev–Trinajstić information content (AvgIpc) is 3.30. The number of rotatable bonds is 3. The van der Waals surface area contributed by atoms with Crippen molar-refractivity contribution in [3.63, 3.8) is 0 Å². The Hall–Kier alpha value is -3.39. The smallest absolute Gasteiger partial charge is 0.297 e. The van der Waals surface area contributed by atoms with E-state index in [0.717, 1.165) is 22.6 Å². The molecular formula is C21H16N4O3S. The maximum Gasteiger partial charge on any atom is 0.297 e. The highest BCUT2D eigenvalue weighted by atomic mass is 32.1. The Morgan fingerprint density at radius 2 is 1.93 bits per heavy atom. The van der Waals surface area contributed by atoms with E-state index in [1.807, 2.05) is 26.0 Å². The van der Waals surface area contributed by atoms with Crippen LogP contribution in [0.25, 0.3) is 11.0 Å². The zero-order valence-corrected chi connectivity index (χ0v) is 16.6. The number of aromatic nitrogens is 3. The van der Waals surface area contributed by atoms with Gasteiger partial charge in [0.2, 0.25) is 10.9 Å². The van der Waals surface area contributed by atoms with Gasteiger partial charge >= 0.3 is 0 Å². The Morgan fingerprint density at radius 1 is 1.14 bits per heavy atom. The molecule has 7 nitrogen and oxygen atoms in total. The lowest BCUT2D eigenvalue weighted by Gasteiger charge is -2.21. The number of hydrogen-bond donors (Lipinski definition) is 0. The fraction of sp³-hybridized carbons (Fsp3) is 0.190. The highest BCUT2D eigenvalue weighted by molar-refractivity contribution is 7.15. The monoisotopic (exact) mass is 404 g/mol. The van der Waals surface area contributed by atoms with Gasteiger partial charge in [-0.2, -0.15) is 0 Å². The van der Waals surface area contributed by atoms with Crippen LogP contribution in [0.3, 0.4) is 0 Å². The first-order chi connectivity index (χ1) is 14.1. The molecule has 0 aliphatic carbocycles. The normalized spacial score (nSPS) is 15.9. The summed E-state index contributed by atoms with van der Waals surface area (Å²) in [5.41, 5.74) is 2.33. The number of carbonyl (C=O) groups excluding carboxylic acids is 1. The van der Waals surface area contributed by atoms with Crippen LogP contribution in [0, 0.1) is 6.92 Å². The fourth-order valence-corrected chi connectivity index (χ4v) is 4.40. The largest absolute Gasteiger partial charge is 0.450 e. The Labute approximate surface area is 169 Å². The maximum atomic E-state index is 13.5. The van der Waals surface area contributed by atoms with E-state index in [-0.39, 0.29) is 11.2 Å². The van der Waals surface area contributed by atoms with Crippen molar-refractivity contribution in [1.82, 2.24) is 15.2 Å². The molecule has 5 rings (SSSR count). The molecule has 1 atom stereocenters. The molecule has 0 N–H and O–H groups in total. The standard InChI is InChI=1S/C21H16N4O3S/c1-3-12-4-5-15-14(10-12)18(26)16-17(13-6-8-22-9-7-13)25(20(27)19(16)28-15)21-24-23-11(2)29-21/h4-10,17H,3H2,1-2H3. The van der Waals surface area contributed by atoms with Gasteiger partial charge in [-0.3, -0.25) is 19.5 Å². The predicted molar refractivity (Wildman–Crippen MR) is 109 cm³/mol. The van der Waals surface area contributed by atoms with Gasteiger partial charge < -0.3 is 4.42 Å². The second kappa shape index (κ2) is 6.59. The van der Waals surface area contributed by atoms with Gasteiger partial charge in [0, 0.05) is 12.4 Å². The molecular weight excluding hydrogens is 388 g/mol. The van der Waals surface area contributed by atoms with Crippen LogP contribution in [0.5, 0.6) is 0 Å². The van der Waals surface area contributed by atoms with Crippen molar-refractivity contribution in [3.05, 3.63) is 80.4 Å². The summed E-state index contributed by atoms with van der Waals surface area (Å²) in [5, 5.41) is 9.83. The molecule has 4 heterocycles. The Morgan fingerprint density at radius 3 is 2.62 bits per heavy atom. The second-order valence-corrected chi connectivity index (χ2v) is 7.98. The number of hydrogen-bond acceptors (Lipinski definition) is 7. The van der Waals surface area contributed by atoms with Crippen molar-refractivity contribution < 1.29 is 9.21 Å². The summed E-state index contributed by atoms with van der Waals surface area (Å²) in [4.78, 5) is 32.4. The zero-order valence-electron chi connectivity index (χ0n) is 15.7. The fourth-order valence-electron chi connectivity index (χ4n) is 3.68. The maximum absolute atomic E-state index is 13.5. The molecule has 0 bridgehead atoms. The molecule has 29 heavy (non-hydrogen) atoms. The molecule has 0 radical (unpaired) electrons. The van der Waals surface area contributed by atoms with E-state index in [1.165, 1.54) is 16.2 Å². The van der Waals surface area contributed by atoms with Crippen LogP contribution in [-0.2, 0) is 6.42 Å². The first kappa shape index (κ1) is 17.7. The van der Waals surface area contributed by atoms with E-state index in [2.05, 4.69) is 15.2 Å². The van der Waals surface area contributed by atoms with E-state index < -0.39 is 11.9 Å². The summed E-state index contributed by atoms with van der Waals surface area (Å²) in [6, 6.07) is 8.44. The Bertz CT molecular complexity index is 1310. The number of pyridine rings is 1. The summed E-state index contributed by atoms with van der Waals surface area (Å²) in [5.74, 6) is -0.335. The van der Waals surface area contributed by atoms with E-state index >= 15 is 0 Å². The quantitative estimate of drug-likeness (QED) is 0.518. The molecule has 1 aromatic carbocycles. The van der Waals surface area contributed by atoms with Crippen LogP contribution in [0.1, 0.15) is 45.2 Å². The summed E-state index contributed by atoms with van der Waals surface area (Å²) in [7, 11) is 0. The summed E-state index contributed by atoms with van der Waals surface area (Å²) in [6.07, 6.45) is 4.08. The minimum Gasteiger partial charge on any atom is -0.450 e. The minimum absolute atomic E-state index is 0.0569. The lowest BCUT2D eigenvalue weighted by Crippen LogP contribution is -2.29. The van der Waals surface area contributed by atoms with E-state index in [0.29, 0.717) is 21.7 Å². The van der Waals surface area contributed by atoms with Crippen molar-refractivity contribution >= 4 is 33.3 Å². The van der Waals surface area contributed by atoms with Gasteiger partial charge in [-0.15, -0.1) is 10.2 Å². The number of benzene rings is 1. The van der Waals surface area contributed by atoms with Crippen LogP contribution in [0.15, 0.2) is 51.9 Å². The third-order valence-electron chi connectivity index (χ3n) is 5.09. The molecule has 4 aromatic rings. The highest BCUT2D eigenvalue weighted by Crippen LogP contribution is 2.41. The third-order valence-corrected chi connectivity index (χ3v) is 5.92. The number of carbonyl (C=O) groups is 1. The topological polar surface area (TPSA) is 89.2 Å². The van der Waals surface area contributed by atoms with E-state index in [9.17, 15) is 9.59 Å². The Balaban J connectivity index is 1.82. The van der Waals surface area contributed by atoms with Crippen LogP contribution in [0.4, 0.5) is 5.13 Å². The van der Waals surface area contributed by atoms with Crippen molar-refractivity contribution in [2.45, 2.75) is 26.3 Å². The van der Waals surface area contributed by atoms with Crippen molar-refractivity contribution in [2.24, 2.45) is 0 Å². The third kappa shape index (κ3) is 2.67. The van der Waals surface area contributed by atoms with Gasteiger partial charge in [0.1, 0.15) is 10.6 Å². The second-order valence-electron chi connectivity index (χ2n) is 6.82. The molecule has 1 unspecified atom stereocenters. The molecule has 0 fully saturated rings. The minimum atomic E-state index is -0.640. The molecule has 0 saturated carbocycles. The van der Waals surface area contributed by atoms with Gasteiger partial charge in [-0.1, -0.05) is 24.3 Å². The SMILES string of the molecule is CCc1ccc2oc3c(c(=O)c2c1)C(c1ccncc1)N(c1nnc(C)s1)C3=O. The number of amides is 1. The van der Waals surface area contributed by atoms with Gasteiger partial charge in [0.15, 0.2) is 5.43 Å². The van der Waals surface area contributed by atoms with Gasteiger partial charge in [0.25, 0.3) is 5.91 Å². The number of nitrogens with zero attached hydrogens (tertiary/aromatic N) is 4. The first-order valence-corrected chi connectivity index (χ1v) is 10.0. The molecule has 0 spiro atoms. The number of fused-ring (bicyclic) bond motifs is 2. The number of anilines is 1. The molecule has 1 amide bonds. The summed E-state index contributed by atoms with van der Waals surface area (Å²) >= 11 is 1.30. The van der Waals surface area contributed by atoms with Crippen molar-refractivity contribution in [3.8, 4) is 0 Å². The van der Waals surface area contributed by atoms with Gasteiger partial charge in [-0.05, 0) is 48.7 Å². The molecule has 3 aromatic heterocycles. The van der Waals surface area contributed by atoms with E-state index in [1.54, 1.807) is 30.6 Å². The highest BCUT2D eigenvalue weighted by Gasteiger charge is 2.45. The zero-order chi connectivity index (χ0) is 20.1. The molecule has 8 heteroatoms. The van der Waals surface area contributed by atoms with Gasteiger partial charge in [0.05, 0.1) is 17.0 Å². The first-order valence-electron chi connectivity index (χ1n) is 9.21. The van der Waals surface area contributed by atoms with Crippen LogP contribution >= 0.6 is 11.3 Å². The van der Waals surface area contributed by atoms with Gasteiger partial charge in [-0.25, -0.2) is 0 Å². The summed E-state index contributed by atoms with van der Waals surface area (Å²) < 4.78 is 5.96. The lowest BCUT2D eigenvalue weighted by atomic mass is 9.99. The molecule has 1 aliphatic rings. The molecule has 1 aliphatic heterocycles. The van der Waals surface area contributed by atoms with Crippen LogP contribution in [-0.4, -0.2) is 21.1 Å². The van der Waals surface area contributed by atoms with Crippen molar-refractivity contribution in [2.75, 3.05) is 4.90 Å². The van der Waals surface area contributed by atoms with Crippen LogP contribution < -0.4 is 10.3 Å². The average molecular weight is 404 g/mol. The number of aryl methyl sites for hydroxylation is 2. The summed E-state index contributed by atoms with van der Waals surface area (Å²) in [6.45, 7) is 3.85. The molecule has 0 saturated heterocycles. The predicted octanol–water partition coefficient (Wildman–Crippen LogP) is 3.66. The van der Waals surface area contributed by atoms with Crippen LogP contribution in [0.2, 0.25) is 0 Å². The van der Waals surface area contributed by atoms with Crippen molar-refractivity contribution in [1.29, 1.82) is 0 Å². The Kier molecular flexibility index (Phi) is 4.02. The lowest BCUT2D eigenvalue weighted by molar-refractivity contribution is 0.0970. The molecule has 144 valence electrons. The van der Waals surface area contributed by atoms with E-state index in [4.69, 9.17) is 4.42 Å².